The van der Waals surface area contributed by atoms with E-state index in [4.69, 9.17) is 5.73 Å². The Morgan fingerprint density at radius 3 is 2.60 bits per heavy atom. The second-order valence-electron chi connectivity index (χ2n) is 3.22. The van der Waals surface area contributed by atoms with Crippen LogP contribution in [0.25, 0.3) is 0 Å². The van der Waals surface area contributed by atoms with Crippen molar-refractivity contribution in [1.82, 2.24) is 0 Å². The maximum Gasteiger partial charge on any atom is 0.318 e. The van der Waals surface area contributed by atoms with E-state index < -0.39 is 0 Å². The van der Waals surface area contributed by atoms with Gasteiger partial charge in [0.25, 0.3) is 0 Å². The van der Waals surface area contributed by atoms with Gasteiger partial charge in [-0.15, -0.1) is 11.8 Å². The van der Waals surface area contributed by atoms with Gasteiger partial charge in [-0.1, -0.05) is 12.1 Å². The number of hydrogen-bond acceptors (Lipinski definition) is 4. The van der Waals surface area contributed by atoms with Crippen LogP contribution in [0, 0.1) is 0 Å². The lowest BCUT2D eigenvalue weighted by Gasteiger charge is -2.08. The Hall–Kier alpha value is -1.16. The second-order valence-corrected chi connectivity index (χ2v) is 4.55. The minimum absolute atomic E-state index is 0.132. The van der Waals surface area contributed by atoms with Crippen molar-refractivity contribution in [3.63, 3.8) is 0 Å². The van der Waals surface area contributed by atoms with Gasteiger partial charge in [0.05, 0.1) is 12.4 Å². The quantitative estimate of drug-likeness (QED) is 0.629. The highest BCUT2D eigenvalue weighted by Crippen LogP contribution is 2.19. The molecule has 0 saturated carbocycles. The molecule has 1 aromatic carbocycles. The van der Waals surface area contributed by atoms with Crippen molar-refractivity contribution in [3.8, 4) is 0 Å². The Labute approximate surface area is 94.0 Å². The lowest BCUT2D eigenvalue weighted by atomic mass is 10.2. The van der Waals surface area contributed by atoms with Gasteiger partial charge in [0.2, 0.25) is 0 Å². The van der Waals surface area contributed by atoms with Crippen molar-refractivity contribution >= 4 is 23.4 Å². The van der Waals surface area contributed by atoms with Gasteiger partial charge >= 0.3 is 5.97 Å². The Balaban J connectivity index is 2.43. The fraction of sp³-hybridized carbons (Fsp3) is 0.364. The molecule has 0 amide bonds. The number of carbonyl (C=O) groups is 1. The molecule has 1 unspecified atom stereocenters. The van der Waals surface area contributed by atoms with Crippen LogP contribution in [-0.4, -0.2) is 18.3 Å². The lowest BCUT2D eigenvalue weighted by molar-refractivity contribution is -0.139. The third kappa shape index (κ3) is 3.83. The van der Waals surface area contributed by atoms with Crippen LogP contribution in [0.15, 0.2) is 24.3 Å². The summed E-state index contributed by atoms with van der Waals surface area (Å²) in [6.07, 6.45) is 0. The monoisotopic (exact) mass is 225 g/mol. The van der Waals surface area contributed by atoms with Crippen molar-refractivity contribution in [2.75, 3.05) is 12.8 Å². The van der Waals surface area contributed by atoms with Crippen molar-refractivity contribution in [2.24, 2.45) is 0 Å². The maximum atomic E-state index is 11.1. The predicted octanol–water partition coefficient (Wildman–Crippen LogP) is 2.06. The normalized spacial score (nSPS) is 12.1. The molecule has 1 rings (SSSR count). The summed E-state index contributed by atoms with van der Waals surface area (Å²) in [5.74, 6) is 0.603. The number of hydrogen-bond donors (Lipinski definition) is 1. The average molecular weight is 225 g/mol. The second kappa shape index (κ2) is 5.66. The zero-order valence-electron chi connectivity index (χ0n) is 8.90. The topological polar surface area (TPSA) is 52.3 Å². The first-order chi connectivity index (χ1) is 7.13. The van der Waals surface area contributed by atoms with Crippen molar-refractivity contribution < 1.29 is 9.53 Å². The molecule has 0 aliphatic rings. The highest BCUT2D eigenvalue weighted by Gasteiger charge is 2.12. The molecule has 3 nitrogen and oxygen atoms in total. The zero-order valence-corrected chi connectivity index (χ0v) is 9.71. The Kier molecular flexibility index (Phi) is 4.49. The van der Waals surface area contributed by atoms with E-state index in [0.29, 0.717) is 0 Å². The molecule has 0 aliphatic heterocycles. The maximum absolute atomic E-state index is 11.1. The van der Waals surface area contributed by atoms with E-state index in [1.807, 2.05) is 31.2 Å². The van der Waals surface area contributed by atoms with E-state index in [9.17, 15) is 4.79 Å². The highest BCUT2D eigenvalue weighted by molar-refractivity contribution is 7.99. The van der Waals surface area contributed by atoms with E-state index in [0.717, 1.165) is 17.0 Å². The first kappa shape index (κ1) is 11.9. The summed E-state index contributed by atoms with van der Waals surface area (Å²) in [5.41, 5.74) is 7.48. The SMILES string of the molecule is COC(=O)C(C)SCc1ccc(N)cc1. The summed E-state index contributed by atoms with van der Waals surface area (Å²) < 4.78 is 4.64. The standard InChI is InChI=1S/C11H15NO2S/c1-8(11(13)14-2)15-7-9-3-5-10(12)6-4-9/h3-6,8H,7,12H2,1-2H3. The molecule has 0 aliphatic carbocycles. The van der Waals surface area contributed by atoms with Gasteiger partial charge < -0.3 is 10.5 Å². The Morgan fingerprint density at radius 1 is 1.47 bits per heavy atom. The van der Waals surface area contributed by atoms with Gasteiger partial charge in [-0.2, -0.15) is 0 Å². The van der Waals surface area contributed by atoms with Gasteiger partial charge in [0.15, 0.2) is 0 Å². The summed E-state index contributed by atoms with van der Waals surface area (Å²) in [4.78, 5) is 11.1. The summed E-state index contributed by atoms with van der Waals surface area (Å²) in [6, 6.07) is 7.65. The van der Waals surface area contributed by atoms with Gasteiger partial charge in [0.1, 0.15) is 0 Å². The van der Waals surface area contributed by atoms with Crippen molar-refractivity contribution in [2.45, 2.75) is 17.9 Å². The molecule has 0 saturated heterocycles. The lowest BCUT2D eigenvalue weighted by Crippen LogP contribution is -2.14. The number of anilines is 1. The molecule has 0 aromatic heterocycles. The molecule has 0 heterocycles. The molecule has 0 spiro atoms. The summed E-state index contributed by atoms with van der Waals surface area (Å²) >= 11 is 1.55. The van der Waals surface area contributed by atoms with Crippen LogP contribution in [0.2, 0.25) is 0 Å². The zero-order chi connectivity index (χ0) is 11.3. The van der Waals surface area contributed by atoms with E-state index in [2.05, 4.69) is 4.74 Å². The van der Waals surface area contributed by atoms with Gasteiger partial charge in [-0.3, -0.25) is 4.79 Å². The number of nitrogens with two attached hydrogens (primary N) is 1. The molecular weight excluding hydrogens is 210 g/mol. The third-order valence-electron chi connectivity index (χ3n) is 2.01. The van der Waals surface area contributed by atoms with Crippen LogP contribution >= 0.6 is 11.8 Å². The van der Waals surface area contributed by atoms with Crippen LogP contribution in [0.5, 0.6) is 0 Å². The summed E-state index contributed by atoms with van der Waals surface area (Å²) in [5, 5.41) is -0.132. The number of nitrogen functional groups attached to an aromatic ring is 1. The first-order valence-electron chi connectivity index (χ1n) is 4.67. The van der Waals surface area contributed by atoms with Crippen molar-refractivity contribution in [3.05, 3.63) is 29.8 Å². The average Bonchev–Trinajstić information content (AvgIpc) is 2.26. The van der Waals surface area contributed by atoms with E-state index >= 15 is 0 Å². The molecule has 1 atom stereocenters. The van der Waals surface area contributed by atoms with E-state index in [1.54, 1.807) is 11.8 Å². The van der Waals surface area contributed by atoms with Crippen LogP contribution in [0.1, 0.15) is 12.5 Å². The van der Waals surface area contributed by atoms with Gasteiger partial charge in [0, 0.05) is 11.4 Å². The number of methoxy groups -OCH3 is 1. The molecule has 4 heteroatoms. The molecular formula is C11H15NO2S. The largest absolute Gasteiger partial charge is 0.468 e. The molecule has 1 aromatic rings. The molecule has 2 N–H and O–H groups in total. The van der Waals surface area contributed by atoms with Gasteiger partial charge in [-0.25, -0.2) is 0 Å². The fourth-order valence-electron chi connectivity index (χ4n) is 1.07. The highest BCUT2D eigenvalue weighted by atomic mass is 32.2. The molecule has 0 radical (unpaired) electrons. The number of carbonyl (C=O) groups excluding carboxylic acids is 1. The minimum Gasteiger partial charge on any atom is -0.468 e. The van der Waals surface area contributed by atoms with Crippen LogP contribution in [0.4, 0.5) is 5.69 Å². The molecule has 0 bridgehead atoms. The number of benzene rings is 1. The van der Waals surface area contributed by atoms with Crippen LogP contribution in [-0.2, 0) is 15.3 Å². The molecule has 15 heavy (non-hydrogen) atoms. The van der Waals surface area contributed by atoms with E-state index in [-0.39, 0.29) is 11.2 Å². The number of thioether (sulfide) groups is 1. The number of rotatable bonds is 4. The predicted molar refractivity (Wildman–Crippen MR) is 63.6 cm³/mol. The van der Waals surface area contributed by atoms with Crippen LogP contribution < -0.4 is 5.73 Å². The molecule has 0 fully saturated rings. The summed E-state index contributed by atoms with van der Waals surface area (Å²) in [6.45, 7) is 1.84. The number of esters is 1. The Morgan fingerprint density at radius 2 is 2.07 bits per heavy atom. The third-order valence-corrected chi connectivity index (χ3v) is 3.21. The first-order valence-corrected chi connectivity index (χ1v) is 5.72. The smallest absolute Gasteiger partial charge is 0.318 e. The van der Waals surface area contributed by atoms with Crippen molar-refractivity contribution in [1.29, 1.82) is 0 Å². The fourth-order valence-corrected chi connectivity index (χ4v) is 1.94. The van der Waals surface area contributed by atoms with Crippen LogP contribution in [0.3, 0.4) is 0 Å². The Bertz CT molecular complexity index is 324. The summed E-state index contributed by atoms with van der Waals surface area (Å²) in [7, 11) is 1.41. The molecule has 82 valence electrons. The minimum atomic E-state index is -0.185. The van der Waals surface area contributed by atoms with Gasteiger partial charge in [-0.05, 0) is 24.6 Å². The van der Waals surface area contributed by atoms with E-state index in [1.165, 1.54) is 7.11 Å². The number of ether oxygens (including phenoxy) is 1.